The Morgan fingerprint density at radius 1 is 1.38 bits per heavy atom. The van der Waals surface area contributed by atoms with Crippen LogP contribution in [0.2, 0.25) is 0 Å². The molecule has 1 heterocycles. The van der Waals surface area contributed by atoms with Gasteiger partial charge in [-0.05, 0) is 30.5 Å². The first-order valence-corrected chi connectivity index (χ1v) is 7.83. The Morgan fingerprint density at radius 2 is 2.10 bits per heavy atom. The van der Waals surface area contributed by atoms with Gasteiger partial charge in [0.15, 0.2) is 5.96 Å². The van der Waals surface area contributed by atoms with Crippen molar-refractivity contribution in [1.29, 1.82) is 0 Å². The molecule has 2 fully saturated rings. The van der Waals surface area contributed by atoms with Gasteiger partial charge in [-0.15, -0.1) is 0 Å². The molecule has 3 atom stereocenters. The number of nitrogens with two attached hydrogens (primary N) is 1. The summed E-state index contributed by atoms with van der Waals surface area (Å²) in [5, 5.41) is 3.20. The van der Waals surface area contributed by atoms with E-state index in [1.165, 1.54) is 5.56 Å². The number of guanidine groups is 1. The molecule has 0 aromatic heterocycles. The quantitative estimate of drug-likeness (QED) is 0.664. The Hall–Kier alpha value is -1.55. The van der Waals surface area contributed by atoms with Crippen molar-refractivity contribution in [3.05, 3.63) is 29.8 Å². The molecule has 4 nitrogen and oxygen atoms in total. The molecular formula is C17H25N3O. The van der Waals surface area contributed by atoms with Gasteiger partial charge in [0.1, 0.15) is 0 Å². The van der Waals surface area contributed by atoms with Crippen molar-refractivity contribution in [2.24, 2.45) is 22.1 Å². The molecule has 2 aliphatic rings. The lowest BCUT2D eigenvalue weighted by Crippen LogP contribution is -2.59. The lowest BCUT2D eigenvalue weighted by atomic mass is 9.57. The Bertz CT molecular complexity index is 535. The summed E-state index contributed by atoms with van der Waals surface area (Å²) in [4.78, 5) is 4.72. The molecule has 0 bridgehead atoms. The van der Waals surface area contributed by atoms with E-state index in [9.17, 15) is 0 Å². The number of anilines is 1. The highest BCUT2D eigenvalue weighted by Crippen LogP contribution is 2.53. The number of ether oxygens (including phenoxy) is 1. The minimum absolute atomic E-state index is 0.0829. The van der Waals surface area contributed by atoms with Crippen molar-refractivity contribution < 1.29 is 4.74 Å². The molecule has 3 rings (SSSR count). The molecular weight excluding hydrogens is 262 g/mol. The second kappa shape index (κ2) is 5.34. The number of hydrogen-bond acceptors (Lipinski definition) is 2. The van der Waals surface area contributed by atoms with Gasteiger partial charge in [-0.25, -0.2) is 4.99 Å². The second-order valence-corrected chi connectivity index (χ2v) is 6.70. The third kappa shape index (κ3) is 2.53. The highest BCUT2D eigenvalue weighted by Gasteiger charge is 2.59. The van der Waals surface area contributed by atoms with Crippen molar-refractivity contribution >= 4 is 11.6 Å². The SMILES string of the molecule is CCc1ccc(NC(N)=NC2C3CCOC3C2(C)C)cc1. The van der Waals surface area contributed by atoms with E-state index in [0.717, 1.165) is 25.1 Å². The summed E-state index contributed by atoms with van der Waals surface area (Å²) >= 11 is 0. The lowest BCUT2D eigenvalue weighted by molar-refractivity contribution is -0.0985. The predicted molar refractivity (Wildman–Crippen MR) is 86.5 cm³/mol. The van der Waals surface area contributed by atoms with E-state index in [4.69, 9.17) is 15.5 Å². The molecule has 21 heavy (non-hydrogen) atoms. The van der Waals surface area contributed by atoms with E-state index >= 15 is 0 Å². The molecule has 3 unspecified atom stereocenters. The monoisotopic (exact) mass is 287 g/mol. The van der Waals surface area contributed by atoms with Crippen LogP contribution in [0.25, 0.3) is 0 Å². The third-order valence-corrected chi connectivity index (χ3v) is 4.95. The van der Waals surface area contributed by atoms with Crippen LogP contribution in [-0.2, 0) is 11.2 Å². The number of aryl methyl sites for hydroxylation is 1. The van der Waals surface area contributed by atoms with Crippen molar-refractivity contribution in [3.63, 3.8) is 0 Å². The van der Waals surface area contributed by atoms with Gasteiger partial charge in [0.2, 0.25) is 0 Å². The topological polar surface area (TPSA) is 59.6 Å². The number of benzene rings is 1. The van der Waals surface area contributed by atoms with Crippen molar-refractivity contribution in [1.82, 2.24) is 0 Å². The van der Waals surface area contributed by atoms with E-state index in [0.29, 0.717) is 18.0 Å². The zero-order valence-electron chi connectivity index (χ0n) is 13.1. The molecule has 4 heteroatoms. The third-order valence-electron chi connectivity index (χ3n) is 4.95. The molecule has 0 radical (unpaired) electrons. The summed E-state index contributed by atoms with van der Waals surface area (Å²) in [6.45, 7) is 7.45. The molecule has 1 aliphatic heterocycles. The smallest absolute Gasteiger partial charge is 0.193 e. The van der Waals surface area contributed by atoms with E-state index in [2.05, 4.69) is 50.4 Å². The zero-order chi connectivity index (χ0) is 15.0. The summed E-state index contributed by atoms with van der Waals surface area (Å²) in [5.41, 5.74) is 8.48. The number of aliphatic imine (C=N–C) groups is 1. The molecule has 114 valence electrons. The average Bonchev–Trinajstić information content (AvgIpc) is 2.93. The minimum Gasteiger partial charge on any atom is -0.377 e. The second-order valence-electron chi connectivity index (χ2n) is 6.70. The number of fused-ring (bicyclic) bond motifs is 1. The number of nitrogens with zero attached hydrogens (tertiary/aromatic N) is 1. The fourth-order valence-electron chi connectivity index (χ4n) is 3.71. The summed E-state index contributed by atoms with van der Waals surface area (Å²) < 4.78 is 5.79. The predicted octanol–water partition coefficient (Wildman–Crippen LogP) is 2.79. The van der Waals surface area contributed by atoms with Gasteiger partial charge in [0.25, 0.3) is 0 Å². The van der Waals surface area contributed by atoms with Crippen LogP contribution in [0.15, 0.2) is 29.3 Å². The van der Waals surface area contributed by atoms with Gasteiger partial charge in [0.05, 0.1) is 12.1 Å². The maximum atomic E-state index is 6.09. The van der Waals surface area contributed by atoms with Crippen LogP contribution in [0, 0.1) is 11.3 Å². The van der Waals surface area contributed by atoms with Crippen molar-refractivity contribution in [3.8, 4) is 0 Å². The van der Waals surface area contributed by atoms with E-state index in [1.807, 2.05) is 0 Å². The minimum atomic E-state index is 0.0829. The normalized spacial score (nSPS) is 30.6. The summed E-state index contributed by atoms with van der Waals surface area (Å²) in [6.07, 6.45) is 2.49. The maximum Gasteiger partial charge on any atom is 0.193 e. The van der Waals surface area contributed by atoms with E-state index in [1.54, 1.807) is 0 Å². The first kappa shape index (κ1) is 14.4. The molecule has 1 aliphatic carbocycles. The zero-order valence-corrected chi connectivity index (χ0v) is 13.1. The first-order chi connectivity index (χ1) is 10.0. The fourth-order valence-corrected chi connectivity index (χ4v) is 3.71. The summed E-state index contributed by atoms with van der Waals surface area (Å²) in [5.74, 6) is 1.03. The Labute approximate surface area is 126 Å². The van der Waals surface area contributed by atoms with Crippen LogP contribution < -0.4 is 11.1 Å². The van der Waals surface area contributed by atoms with Gasteiger partial charge in [-0.1, -0.05) is 32.9 Å². The Balaban J connectivity index is 1.68. The highest BCUT2D eigenvalue weighted by atomic mass is 16.5. The molecule has 1 saturated heterocycles. The van der Waals surface area contributed by atoms with Gasteiger partial charge in [-0.3, -0.25) is 0 Å². The number of hydrogen-bond donors (Lipinski definition) is 2. The van der Waals surface area contributed by atoms with Gasteiger partial charge in [-0.2, -0.15) is 0 Å². The van der Waals surface area contributed by atoms with Crippen molar-refractivity contribution in [2.45, 2.75) is 45.8 Å². The van der Waals surface area contributed by atoms with E-state index < -0.39 is 0 Å². The molecule has 3 N–H and O–H groups in total. The Kier molecular flexibility index (Phi) is 3.66. The maximum absolute atomic E-state index is 6.09. The summed E-state index contributed by atoms with van der Waals surface area (Å²) in [7, 11) is 0. The number of nitrogens with one attached hydrogen (secondary N) is 1. The molecule has 1 aromatic carbocycles. The standard InChI is InChI=1S/C17H25N3O/c1-4-11-5-7-12(8-6-11)19-16(18)20-14-13-9-10-21-15(13)17(14,2)3/h5-8,13-15H,4,9-10H2,1-3H3,(H3,18,19,20). The molecule has 1 saturated carbocycles. The van der Waals surface area contributed by atoms with Crippen LogP contribution in [-0.4, -0.2) is 24.7 Å². The summed E-state index contributed by atoms with van der Waals surface area (Å²) in [6, 6.07) is 8.59. The average molecular weight is 287 g/mol. The van der Waals surface area contributed by atoms with Crippen molar-refractivity contribution in [2.75, 3.05) is 11.9 Å². The van der Waals surface area contributed by atoms with E-state index in [-0.39, 0.29) is 11.5 Å². The fraction of sp³-hybridized carbons (Fsp3) is 0.588. The van der Waals surface area contributed by atoms with Crippen LogP contribution in [0.1, 0.15) is 32.8 Å². The molecule has 1 aromatic rings. The Morgan fingerprint density at radius 3 is 2.76 bits per heavy atom. The molecule has 0 spiro atoms. The van der Waals surface area contributed by atoms with Crippen LogP contribution >= 0.6 is 0 Å². The van der Waals surface area contributed by atoms with Crippen LogP contribution in [0.5, 0.6) is 0 Å². The van der Waals surface area contributed by atoms with Gasteiger partial charge >= 0.3 is 0 Å². The lowest BCUT2D eigenvalue weighted by Gasteiger charge is -2.52. The van der Waals surface area contributed by atoms with Crippen LogP contribution in [0.4, 0.5) is 5.69 Å². The first-order valence-electron chi connectivity index (χ1n) is 7.83. The largest absolute Gasteiger partial charge is 0.377 e. The molecule has 0 amide bonds. The van der Waals surface area contributed by atoms with Gasteiger partial charge < -0.3 is 15.8 Å². The van der Waals surface area contributed by atoms with Crippen LogP contribution in [0.3, 0.4) is 0 Å². The highest BCUT2D eigenvalue weighted by molar-refractivity contribution is 5.92. The number of rotatable bonds is 3. The van der Waals surface area contributed by atoms with Gasteiger partial charge in [0, 0.05) is 23.6 Å².